The molecule has 1 aromatic heterocycles. The van der Waals surface area contributed by atoms with E-state index in [1.165, 1.54) is 11.9 Å². The van der Waals surface area contributed by atoms with Crippen LogP contribution >= 0.6 is 11.9 Å². The third-order valence-corrected chi connectivity index (χ3v) is 4.90. The first-order valence-corrected chi connectivity index (χ1v) is 10.0. The highest BCUT2D eigenvalue weighted by atomic mass is 32.2. The molecule has 0 radical (unpaired) electrons. The van der Waals surface area contributed by atoms with E-state index in [4.69, 9.17) is 0 Å². The molecular formula is C20H23N5O2S. The Hall–Kier alpha value is -2.71. The van der Waals surface area contributed by atoms with Crippen LogP contribution in [0.4, 0.5) is 0 Å². The lowest BCUT2D eigenvalue weighted by molar-refractivity contribution is 0.0686. The highest BCUT2D eigenvalue weighted by Gasteiger charge is 2.21. The highest BCUT2D eigenvalue weighted by molar-refractivity contribution is 8.01. The summed E-state index contributed by atoms with van der Waals surface area (Å²) in [6, 6.07) is 7.56. The van der Waals surface area contributed by atoms with E-state index in [0.717, 1.165) is 40.8 Å². The van der Waals surface area contributed by atoms with Crippen LogP contribution in [0.3, 0.4) is 0 Å². The van der Waals surface area contributed by atoms with E-state index in [9.17, 15) is 9.90 Å². The van der Waals surface area contributed by atoms with E-state index >= 15 is 0 Å². The molecule has 2 aliphatic heterocycles. The predicted molar refractivity (Wildman–Crippen MR) is 115 cm³/mol. The number of aromatic carboxylic acids is 1. The molecule has 0 fully saturated rings. The van der Waals surface area contributed by atoms with Crippen molar-refractivity contribution in [1.29, 1.82) is 0 Å². The van der Waals surface area contributed by atoms with Crippen molar-refractivity contribution in [3.8, 4) is 0 Å². The van der Waals surface area contributed by atoms with Crippen molar-refractivity contribution in [2.45, 2.75) is 20.4 Å². The van der Waals surface area contributed by atoms with Crippen LogP contribution in [0.5, 0.6) is 0 Å². The van der Waals surface area contributed by atoms with Crippen LogP contribution in [0.2, 0.25) is 0 Å². The number of allylic oxidation sites excluding steroid dienone is 2. The summed E-state index contributed by atoms with van der Waals surface area (Å²) in [6.07, 6.45) is 3.61. The summed E-state index contributed by atoms with van der Waals surface area (Å²) in [6.45, 7) is 7.34. The Morgan fingerprint density at radius 1 is 1.32 bits per heavy atom. The first-order chi connectivity index (χ1) is 13.7. The number of hydrogen-bond acceptors (Lipinski definition) is 6. The normalized spacial score (nSPS) is 16.4. The number of carbonyl (C=O) groups is 1. The molecule has 28 heavy (non-hydrogen) atoms. The zero-order chi connectivity index (χ0) is 19.9. The second kappa shape index (κ2) is 9.48. The van der Waals surface area contributed by atoms with Crippen molar-refractivity contribution < 1.29 is 9.90 Å². The van der Waals surface area contributed by atoms with Crippen molar-refractivity contribution >= 4 is 40.6 Å². The van der Waals surface area contributed by atoms with Gasteiger partial charge >= 0.3 is 5.97 Å². The largest absolute Gasteiger partial charge is 0.477 e. The van der Waals surface area contributed by atoms with Crippen LogP contribution in [0.15, 0.2) is 56.1 Å². The SMILES string of the molecule is CCNCC.O=C(O)c1cc2cccc3c2n1C/C=C\SN=CC1=C3CN=N1. The number of para-hydroxylation sites is 1. The minimum atomic E-state index is -0.936. The number of aromatic nitrogens is 1. The standard InChI is InChI=1S/C16H12N4O2S.C4H11N/c21-16(22)14-7-10-3-1-4-11-12-8-17-19-13(12)9-18-23-6-2-5-20(14)15(10)11;1-3-5-4-2/h1-4,6-7,9H,5,8H2,(H,21,22);5H,3-4H2,1-2H3/b6-2-,18-9?;. The quantitative estimate of drug-likeness (QED) is 0.752. The number of nitrogens with one attached hydrogen (secondary N) is 1. The summed E-state index contributed by atoms with van der Waals surface area (Å²) >= 11 is 1.29. The summed E-state index contributed by atoms with van der Waals surface area (Å²) in [4.78, 5) is 11.6. The highest BCUT2D eigenvalue weighted by Crippen LogP contribution is 2.33. The van der Waals surface area contributed by atoms with Crippen LogP contribution in [-0.2, 0) is 6.54 Å². The number of azo groups is 1. The van der Waals surface area contributed by atoms with E-state index in [0.29, 0.717) is 13.1 Å². The Labute approximate surface area is 168 Å². The molecular weight excluding hydrogens is 374 g/mol. The fourth-order valence-corrected chi connectivity index (χ4v) is 3.55. The molecule has 0 amide bonds. The summed E-state index contributed by atoms with van der Waals surface area (Å²) in [7, 11) is 0. The fourth-order valence-electron chi connectivity index (χ4n) is 3.14. The Balaban J connectivity index is 0.000000403. The summed E-state index contributed by atoms with van der Waals surface area (Å²) < 4.78 is 6.07. The molecule has 3 heterocycles. The van der Waals surface area contributed by atoms with Gasteiger partial charge in [-0.2, -0.15) is 10.2 Å². The van der Waals surface area contributed by atoms with E-state index in [1.807, 2.05) is 34.3 Å². The molecule has 2 N–H and O–H groups in total. The van der Waals surface area contributed by atoms with Gasteiger partial charge in [-0.1, -0.05) is 38.1 Å². The minimum absolute atomic E-state index is 0.274. The fraction of sp³-hybridized carbons (Fsp3) is 0.300. The van der Waals surface area contributed by atoms with Crippen LogP contribution in [-0.4, -0.2) is 41.5 Å². The lowest BCUT2D eigenvalue weighted by Crippen LogP contribution is -2.09. The molecule has 2 aromatic rings. The smallest absolute Gasteiger partial charge is 0.352 e. The van der Waals surface area contributed by atoms with Crippen molar-refractivity contribution in [3.63, 3.8) is 0 Å². The number of benzene rings is 1. The van der Waals surface area contributed by atoms with Gasteiger partial charge in [-0.25, -0.2) is 9.19 Å². The van der Waals surface area contributed by atoms with E-state index in [2.05, 4.69) is 33.8 Å². The lowest BCUT2D eigenvalue weighted by atomic mass is 10.0. The van der Waals surface area contributed by atoms with Crippen LogP contribution in [0, 0.1) is 0 Å². The van der Waals surface area contributed by atoms with Gasteiger partial charge in [0, 0.05) is 35.0 Å². The minimum Gasteiger partial charge on any atom is -0.477 e. The average molecular weight is 398 g/mol. The van der Waals surface area contributed by atoms with Crippen molar-refractivity contribution in [2.24, 2.45) is 14.6 Å². The van der Waals surface area contributed by atoms with Gasteiger partial charge < -0.3 is 15.0 Å². The number of hydrogen-bond donors (Lipinski definition) is 2. The molecule has 2 aliphatic rings. The average Bonchev–Trinajstić information content (AvgIpc) is 3.29. The molecule has 0 spiro atoms. The number of carboxylic acids is 1. The van der Waals surface area contributed by atoms with E-state index in [-0.39, 0.29) is 5.69 Å². The predicted octanol–water partition coefficient (Wildman–Crippen LogP) is 4.38. The number of carboxylic acid groups (broad SMARTS) is 1. The van der Waals surface area contributed by atoms with Crippen LogP contribution in [0.25, 0.3) is 16.5 Å². The van der Waals surface area contributed by atoms with Crippen molar-refractivity contribution in [1.82, 2.24) is 9.88 Å². The molecule has 4 rings (SSSR count). The number of fused-ring (bicyclic) bond motifs is 1. The van der Waals surface area contributed by atoms with Gasteiger partial charge in [0.15, 0.2) is 0 Å². The van der Waals surface area contributed by atoms with E-state index in [1.54, 1.807) is 12.3 Å². The second-order valence-electron chi connectivity index (χ2n) is 6.12. The number of rotatable bonds is 3. The van der Waals surface area contributed by atoms with Gasteiger partial charge in [0.1, 0.15) is 11.4 Å². The molecule has 0 bridgehead atoms. The van der Waals surface area contributed by atoms with Crippen molar-refractivity contribution in [3.05, 3.63) is 52.7 Å². The Morgan fingerprint density at radius 2 is 2.14 bits per heavy atom. The molecule has 7 nitrogen and oxygen atoms in total. The third-order valence-electron chi connectivity index (χ3n) is 4.36. The maximum atomic E-state index is 11.6. The van der Waals surface area contributed by atoms with Gasteiger partial charge in [0.25, 0.3) is 0 Å². The summed E-state index contributed by atoms with van der Waals surface area (Å²) in [5, 5.41) is 23.6. The van der Waals surface area contributed by atoms with Gasteiger partial charge in [-0.15, -0.1) is 0 Å². The first kappa shape index (κ1) is 20.0. The van der Waals surface area contributed by atoms with Crippen molar-refractivity contribution in [2.75, 3.05) is 19.6 Å². The second-order valence-corrected chi connectivity index (χ2v) is 6.81. The molecule has 146 valence electrons. The molecule has 0 saturated heterocycles. The molecule has 1 aromatic carbocycles. The topological polar surface area (TPSA) is 91.3 Å². The zero-order valence-corrected chi connectivity index (χ0v) is 16.7. The molecule has 8 heteroatoms. The number of nitrogens with zero attached hydrogens (tertiary/aromatic N) is 4. The molecule has 0 saturated carbocycles. The molecule has 0 aliphatic carbocycles. The Kier molecular flexibility index (Phi) is 6.78. The van der Waals surface area contributed by atoms with E-state index < -0.39 is 5.97 Å². The van der Waals surface area contributed by atoms with Gasteiger partial charge in [-0.3, -0.25) is 0 Å². The van der Waals surface area contributed by atoms with Gasteiger partial charge in [0.2, 0.25) is 0 Å². The van der Waals surface area contributed by atoms with Gasteiger partial charge in [-0.05, 0) is 24.6 Å². The monoisotopic (exact) mass is 397 g/mol. The Bertz CT molecular complexity index is 986. The van der Waals surface area contributed by atoms with Crippen LogP contribution < -0.4 is 5.32 Å². The third kappa shape index (κ3) is 4.23. The Morgan fingerprint density at radius 3 is 2.86 bits per heavy atom. The maximum absolute atomic E-state index is 11.6. The summed E-state index contributed by atoms with van der Waals surface area (Å²) in [5.41, 5.74) is 3.83. The first-order valence-electron chi connectivity index (χ1n) is 9.18. The zero-order valence-electron chi connectivity index (χ0n) is 15.9. The maximum Gasteiger partial charge on any atom is 0.352 e. The van der Waals surface area contributed by atoms with Gasteiger partial charge in [0.05, 0.1) is 18.3 Å². The molecule has 0 atom stereocenters. The summed E-state index contributed by atoms with van der Waals surface area (Å²) in [5.74, 6) is -0.936. The lowest BCUT2D eigenvalue weighted by Gasteiger charge is -2.10. The molecule has 0 unspecified atom stereocenters. The van der Waals surface area contributed by atoms with Crippen LogP contribution in [0.1, 0.15) is 29.9 Å².